The fourth-order valence-electron chi connectivity index (χ4n) is 1.40. The fraction of sp³-hybridized carbons (Fsp3) is 0.167. The van der Waals surface area contributed by atoms with Gasteiger partial charge in [-0.3, -0.25) is 9.78 Å². The lowest BCUT2D eigenvalue weighted by Crippen LogP contribution is -2.24. The molecule has 0 radical (unpaired) electrons. The minimum absolute atomic E-state index is 0.242. The van der Waals surface area contributed by atoms with Gasteiger partial charge in [0.2, 0.25) is 0 Å². The van der Waals surface area contributed by atoms with Crippen LogP contribution in [0.15, 0.2) is 30.6 Å². The Morgan fingerprint density at radius 1 is 1.33 bits per heavy atom. The van der Waals surface area contributed by atoms with Crippen molar-refractivity contribution in [1.82, 2.24) is 20.5 Å². The third kappa shape index (κ3) is 3.01. The number of pyridine rings is 1. The normalized spacial score (nSPS) is 10.1. The van der Waals surface area contributed by atoms with Crippen molar-refractivity contribution in [2.45, 2.75) is 13.5 Å². The molecule has 0 aliphatic heterocycles. The topological polar surface area (TPSA) is 67.8 Å². The third-order valence-electron chi connectivity index (χ3n) is 2.44. The van der Waals surface area contributed by atoms with Gasteiger partial charge < -0.3 is 5.32 Å². The first-order chi connectivity index (χ1) is 8.66. The Balaban J connectivity index is 2.01. The van der Waals surface area contributed by atoms with Crippen molar-refractivity contribution in [2.75, 3.05) is 0 Å². The van der Waals surface area contributed by atoms with E-state index >= 15 is 0 Å². The van der Waals surface area contributed by atoms with Gasteiger partial charge in [0.1, 0.15) is 0 Å². The van der Waals surface area contributed by atoms with Crippen LogP contribution in [-0.4, -0.2) is 21.1 Å². The second kappa shape index (κ2) is 5.55. The summed E-state index contributed by atoms with van der Waals surface area (Å²) >= 11 is 5.60. The largest absolute Gasteiger partial charge is 0.347 e. The molecule has 0 aliphatic rings. The number of aromatic nitrogens is 3. The molecule has 2 heterocycles. The van der Waals surface area contributed by atoms with E-state index < -0.39 is 0 Å². The summed E-state index contributed by atoms with van der Waals surface area (Å²) in [6, 6.07) is 4.92. The van der Waals surface area contributed by atoms with Crippen LogP contribution in [0, 0.1) is 6.92 Å². The minimum atomic E-state index is -0.282. The van der Waals surface area contributed by atoms with Crippen molar-refractivity contribution in [2.24, 2.45) is 0 Å². The lowest BCUT2D eigenvalue weighted by atomic mass is 10.1. The summed E-state index contributed by atoms with van der Waals surface area (Å²) in [6.45, 7) is 2.37. The molecule has 2 aromatic heterocycles. The predicted octanol–water partition coefficient (Wildman–Crippen LogP) is 1.76. The van der Waals surface area contributed by atoms with Crippen molar-refractivity contribution in [3.8, 4) is 0 Å². The average molecular weight is 263 g/mol. The van der Waals surface area contributed by atoms with Gasteiger partial charge >= 0.3 is 0 Å². The summed E-state index contributed by atoms with van der Waals surface area (Å²) in [4.78, 5) is 15.8. The van der Waals surface area contributed by atoms with E-state index in [4.69, 9.17) is 11.6 Å². The molecule has 2 aromatic rings. The van der Waals surface area contributed by atoms with Crippen LogP contribution in [0.1, 0.15) is 21.6 Å². The molecule has 0 bridgehead atoms. The first-order valence-electron chi connectivity index (χ1n) is 5.34. The number of rotatable bonds is 3. The smallest absolute Gasteiger partial charge is 0.272 e. The van der Waals surface area contributed by atoms with E-state index in [1.807, 2.05) is 13.0 Å². The Labute approximate surface area is 109 Å². The number of aryl methyl sites for hydroxylation is 1. The summed E-state index contributed by atoms with van der Waals surface area (Å²) in [5, 5.41) is 10.3. The highest BCUT2D eigenvalue weighted by Gasteiger charge is 2.08. The van der Waals surface area contributed by atoms with Crippen LogP contribution < -0.4 is 5.32 Å². The van der Waals surface area contributed by atoms with Crippen molar-refractivity contribution in [3.63, 3.8) is 0 Å². The number of hydrogen-bond acceptors (Lipinski definition) is 4. The number of amides is 1. The molecular weight excluding hydrogens is 252 g/mol. The second-order valence-corrected chi connectivity index (χ2v) is 4.11. The number of halogens is 1. The standard InChI is InChI=1S/C12H11ClN4O/c1-8-6-14-5-4-9(8)7-15-12(18)10-2-3-11(13)17-16-10/h2-6H,7H2,1H3,(H,15,18). The molecule has 0 saturated heterocycles. The SMILES string of the molecule is Cc1cnccc1CNC(=O)c1ccc(Cl)nn1. The molecule has 92 valence electrons. The van der Waals surface area contributed by atoms with E-state index in [0.29, 0.717) is 6.54 Å². The average Bonchev–Trinajstić information content (AvgIpc) is 2.38. The summed E-state index contributed by atoms with van der Waals surface area (Å²) < 4.78 is 0. The van der Waals surface area contributed by atoms with E-state index in [-0.39, 0.29) is 16.8 Å². The zero-order valence-electron chi connectivity index (χ0n) is 9.72. The number of carbonyl (C=O) groups excluding carboxylic acids is 1. The highest BCUT2D eigenvalue weighted by Crippen LogP contribution is 2.05. The zero-order valence-corrected chi connectivity index (χ0v) is 10.5. The van der Waals surface area contributed by atoms with Crippen LogP contribution in [0.25, 0.3) is 0 Å². The molecule has 18 heavy (non-hydrogen) atoms. The summed E-state index contributed by atoms with van der Waals surface area (Å²) in [7, 11) is 0. The van der Waals surface area contributed by atoms with Crippen LogP contribution in [0.3, 0.4) is 0 Å². The Morgan fingerprint density at radius 2 is 2.17 bits per heavy atom. The summed E-state index contributed by atoms with van der Waals surface area (Å²) in [5.41, 5.74) is 2.28. The van der Waals surface area contributed by atoms with Crippen molar-refractivity contribution < 1.29 is 4.79 Å². The van der Waals surface area contributed by atoms with E-state index in [2.05, 4.69) is 20.5 Å². The lowest BCUT2D eigenvalue weighted by Gasteiger charge is -2.06. The molecule has 0 aromatic carbocycles. The van der Waals surface area contributed by atoms with Gasteiger partial charge in [0.05, 0.1) is 0 Å². The van der Waals surface area contributed by atoms with E-state index in [1.165, 1.54) is 12.1 Å². The van der Waals surface area contributed by atoms with Crippen LogP contribution in [-0.2, 0) is 6.54 Å². The summed E-state index contributed by atoms with van der Waals surface area (Å²) in [5.74, 6) is -0.282. The van der Waals surface area contributed by atoms with Gasteiger partial charge in [-0.2, -0.15) is 0 Å². The maximum absolute atomic E-state index is 11.8. The number of hydrogen-bond donors (Lipinski definition) is 1. The van der Waals surface area contributed by atoms with Gasteiger partial charge in [-0.15, -0.1) is 10.2 Å². The Morgan fingerprint density at radius 3 is 2.83 bits per heavy atom. The number of nitrogens with zero attached hydrogens (tertiary/aromatic N) is 3. The molecule has 6 heteroatoms. The Kier molecular flexibility index (Phi) is 3.84. The van der Waals surface area contributed by atoms with Gasteiger partial charge in [0.25, 0.3) is 5.91 Å². The minimum Gasteiger partial charge on any atom is -0.347 e. The third-order valence-corrected chi connectivity index (χ3v) is 2.64. The quantitative estimate of drug-likeness (QED) is 0.915. The molecule has 5 nitrogen and oxygen atoms in total. The zero-order chi connectivity index (χ0) is 13.0. The fourth-order valence-corrected chi connectivity index (χ4v) is 1.50. The first kappa shape index (κ1) is 12.4. The van der Waals surface area contributed by atoms with E-state index in [9.17, 15) is 4.79 Å². The molecule has 1 N–H and O–H groups in total. The van der Waals surface area contributed by atoms with Gasteiger partial charge in [0.15, 0.2) is 10.8 Å². The van der Waals surface area contributed by atoms with Crippen LogP contribution in [0.2, 0.25) is 5.15 Å². The van der Waals surface area contributed by atoms with Crippen molar-refractivity contribution in [1.29, 1.82) is 0 Å². The molecule has 0 aliphatic carbocycles. The van der Waals surface area contributed by atoms with Crippen LogP contribution in [0.4, 0.5) is 0 Å². The molecule has 0 atom stereocenters. The number of nitrogens with one attached hydrogen (secondary N) is 1. The molecule has 1 amide bonds. The molecule has 0 fully saturated rings. The Bertz CT molecular complexity index is 556. The molecule has 0 unspecified atom stereocenters. The van der Waals surface area contributed by atoms with E-state index in [0.717, 1.165) is 11.1 Å². The summed E-state index contributed by atoms with van der Waals surface area (Å²) in [6.07, 6.45) is 3.44. The molecule has 2 rings (SSSR count). The highest BCUT2D eigenvalue weighted by atomic mass is 35.5. The maximum Gasteiger partial charge on any atom is 0.272 e. The monoisotopic (exact) mass is 262 g/mol. The van der Waals surface area contributed by atoms with Gasteiger partial charge in [-0.1, -0.05) is 11.6 Å². The van der Waals surface area contributed by atoms with Gasteiger partial charge in [-0.05, 0) is 36.2 Å². The van der Waals surface area contributed by atoms with Gasteiger partial charge in [-0.25, -0.2) is 0 Å². The van der Waals surface area contributed by atoms with E-state index in [1.54, 1.807) is 12.4 Å². The van der Waals surface area contributed by atoms with Crippen molar-refractivity contribution in [3.05, 3.63) is 52.6 Å². The van der Waals surface area contributed by atoms with Crippen LogP contribution in [0.5, 0.6) is 0 Å². The van der Waals surface area contributed by atoms with Crippen molar-refractivity contribution >= 4 is 17.5 Å². The van der Waals surface area contributed by atoms with Gasteiger partial charge in [0, 0.05) is 18.9 Å². The number of carbonyl (C=O) groups is 1. The molecular formula is C12H11ClN4O. The molecule has 0 spiro atoms. The first-order valence-corrected chi connectivity index (χ1v) is 5.71. The predicted molar refractivity (Wildman–Crippen MR) is 67.2 cm³/mol. The lowest BCUT2D eigenvalue weighted by molar-refractivity contribution is 0.0945. The highest BCUT2D eigenvalue weighted by molar-refractivity contribution is 6.29. The molecule has 0 saturated carbocycles. The van der Waals surface area contributed by atoms with Crippen LogP contribution >= 0.6 is 11.6 Å². The Hall–Kier alpha value is -2.01. The maximum atomic E-state index is 11.8. The second-order valence-electron chi connectivity index (χ2n) is 3.73.